The van der Waals surface area contributed by atoms with Gasteiger partial charge in [-0.1, -0.05) is 32.4 Å². The van der Waals surface area contributed by atoms with Crippen LogP contribution in [-0.2, 0) is 0 Å². The van der Waals surface area contributed by atoms with Crippen molar-refractivity contribution in [3.63, 3.8) is 0 Å². The van der Waals surface area contributed by atoms with Gasteiger partial charge in [0.25, 0.3) is 0 Å². The van der Waals surface area contributed by atoms with Gasteiger partial charge in [-0.15, -0.1) is 0 Å². The van der Waals surface area contributed by atoms with Crippen LogP contribution in [0.15, 0.2) is 24.3 Å². The number of para-hydroxylation sites is 2. The van der Waals surface area contributed by atoms with Crippen LogP contribution in [0, 0.1) is 0 Å². The highest BCUT2D eigenvalue weighted by Gasteiger charge is 2.00. The molecule has 0 amide bonds. The van der Waals surface area contributed by atoms with Gasteiger partial charge in [-0.05, 0) is 25.0 Å². The summed E-state index contributed by atoms with van der Waals surface area (Å²) in [6.07, 6.45) is 3.45. The second-order valence-electron chi connectivity index (χ2n) is 3.62. The lowest BCUT2D eigenvalue weighted by atomic mass is 10.2. The van der Waals surface area contributed by atoms with Crippen molar-refractivity contribution < 1.29 is 4.74 Å². The van der Waals surface area contributed by atoms with Gasteiger partial charge in [0.1, 0.15) is 5.75 Å². The molecule has 0 aromatic heterocycles. The van der Waals surface area contributed by atoms with E-state index in [1.54, 1.807) is 0 Å². The van der Waals surface area contributed by atoms with Gasteiger partial charge in [-0.25, -0.2) is 0 Å². The fraction of sp³-hybridized carbons (Fsp3) is 0.538. The third-order valence-corrected chi connectivity index (χ3v) is 2.19. The summed E-state index contributed by atoms with van der Waals surface area (Å²) in [6.45, 7) is 6.11. The summed E-state index contributed by atoms with van der Waals surface area (Å²) in [5, 5.41) is 3.40. The molecule has 0 aliphatic rings. The molecule has 1 aromatic carbocycles. The van der Waals surface area contributed by atoms with Crippen molar-refractivity contribution in [3.05, 3.63) is 24.3 Å². The van der Waals surface area contributed by atoms with Crippen LogP contribution in [0.25, 0.3) is 0 Å². The fourth-order valence-corrected chi connectivity index (χ4v) is 1.35. The van der Waals surface area contributed by atoms with Gasteiger partial charge in [0.2, 0.25) is 0 Å². The Labute approximate surface area is 92.6 Å². The van der Waals surface area contributed by atoms with E-state index in [1.807, 2.05) is 18.2 Å². The Morgan fingerprint density at radius 3 is 2.67 bits per heavy atom. The molecule has 0 saturated heterocycles. The minimum atomic E-state index is 0.784. The molecule has 2 heteroatoms. The number of benzene rings is 1. The lowest BCUT2D eigenvalue weighted by Crippen LogP contribution is -2.04. The number of nitrogens with one attached hydrogen (secondary N) is 1. The molecule has 0 spiro atoms. The van der Waals surface area contributed by atoms with Crippen molar-refractivity contribution in [2.45, 2.75) is 33.1 Å². The van der Waals surface area contributed by atoms with E-state index in [9.17, 15) is 0 Å². The van der Waals surface area contributed by atoms with Crippen LogP contribution in [0.2, 0.25) is 0 Å². The molecule has 15 heavy (non-hydrogen) atoms. The Bertz CT molecular complexity index is 273. The molecule has 0 fully saturated rings. The summed E-state index contributed by atoms with van der Waals surface area (Å²) in [4.78, 5) is 0. The third-order valence-electron chi connectivity index (χ3n) is 2.19. The molecule has 0 unspecified atom stereocenters. The first-order valence-electron chi connectivity index (χ1n) is 5.84. The largest absolute Gasteiger partial charge is 0.491 e. The smallest absolute Gasteiger partial charge is 0.142 e. The molecule has 0 aliphatic heterocycles. The van der Waals surface area contributed by atoms with E-state index in [0.717, 1.165) is 31.0 Å². The van der Waals surface area contributed by atoms with Gasteiger partial charge in [0.05, 0.1) is 12.3 Å². The van der Waals surface area contributed by atoms with E-state index in [4.69, 9.17) is 4.74 Å². The van der Waals surface area contributed by atoms with Gasteiger partial charge in [-0.2, -0.15) is 0 Å². The molecule has 0 aliphatic carbocycles. The third kappa shape index (κ3) is 4.24. The van der Waals surface area contributed by atoms with Crippen molar-refractivity contribution in [2.75, 3.05) is 18.5 Å². The van der Waals surface area contributed by atoms with Crippen LogP contribution in [0.3, 0.4) is 0 Å². The lowest BCUT2D eigenvalue weighted by Gasteiger charge is -2.12. The van der Waals surface area contributed by atoms with E-state index in [1.165, 1.54) is 12.8 Å². The number of anilines is 1. The maximum absolute atomic E-state index is 5.65. The van der Waals surface area contributed by atoms with Crippen molar-refractivity contribution in [1.29, 1.82) is 0 Å². The van der Waals surface area contributed by atoms with Crippen molar-refractivity contribution in [1.82, 2.24) is 0 Å². The fourth-order valence-electron chi connectivity index (χ4n) is 1.35. The minimum absolute atomic E-state index is 0.784. The lowest BCUT2D eigenvalue weighted by molar-refractivity contribution is 0.319. The van der Waals surface area contributed by atoms with Crippen LogP contribution >= 0.6 is 0 Å². The normalized spacial score (nSPS) is 10.0. The van der Waals surface area contributed by atoms with E-state index in [-0.39, 0.29) is 0 Å². The van der Waals surface area contributed by atoms with Crippen LogP contribution in [0.4, 0.5) is 5.69 Å². The zero-order valence-corrected chi connectivity index (χ0v) is 9.75. The SMILES string of the molecule is CCCCNc1ccccc1OCCC. The second kappa shape index (κ2) is 7.16. The second-order valence-corrected chi connectivity index (χ2v) is 3.62. The van der Waals surface area contributed by atoms with Gasteiger partial charge >= 0.3 is 0 Å². The van der Waals surface area contributed by atoms with Crippen LogP contribution < -0.4 is 10.1 Å². The molecule has 0 heterocycles. The van der Waals surface area contributed by atoms with Crippen LogP contribution in [-0.4, -0.2) is 13.2 Å². The predicted octanol–water partition coefficient (Wildman–Crippen LogP) is 3.69. The standard InChI is InChI=1S/C13H21NO/c1-3-5-10-14-12-8-6-7-9-13(12)15-11-4-2/h6-9,14H,3-5,10-11H2,1-2H3. The predicted molar refractivity (Wildman–Crippen MR) is 65.6 cm³/mol. The van der Waals surface area contributed by atoms with Gasteiger partial charge in [-0.3, -0.25) is 0 Å². The molecular formula is C13H21NO. The monoisotopic (exact) mass is 207 g/mol. The van der Waals surface area contributed by atoms with Gasteiger partial charge in [0.15, 0.2) is 0 Å². The van der Waals surface area contributed by atoms with Crippen molar-refractivity contribution in [3.8, 4) is 5.75 Å². The van der Waals surface area contributed by atoms with Crippen LogP contribution in [0.5, 0.6) is 5.75 Å². The average Bonchev–Trinajstić information content (AvgIpc) is 2.28. The molecule has 0 bridgehead atoms. The molecule has 0 atom stereocenters. The molecule has 0 saturated carbocycles. The van der Waals surface area contributed by atoms with E-state index >= 15 is 0 Å². The summed E-state index contributed by atoms with van der Waals surface area (Å²) < 4.78 is 5.65. The van der Waals surface area contributed by atoms with E-state index in [2.05, 4.69) is 25.2 Å². The Hall–Kier alpha value is -1.18. The summed E-state index contributed by atoms with van der Waals surface area (Å²) in [5.41, 5.74) is 1.11. The summed E-state index contributed by atoms with van der Waals surface area (Å²) in [6, 6.07) is 8.13. The van der Waals surface area contributed by atoms with Crippen LogP contribution in [0.1, 0.15) is 33.1 Å². The van der Waals surface area contributed by atoms with Crippen molar-refractivity contribution in [2.24, 2.45) is 0 Å². The Morgan fingerprint density at radius 2 is 1.93 bits per heavy atom. The highest BCUT2D eigenvalue weighted by Crippen LogP contribution is 2.23. The molecule has 2 nitrogen and oxygen atoms in total. The molecule has 0 radical (unpaired) electrons. The zero-order chi connectivity index (χ0) is 10.9. The number of rotatable bonds is 7. The van der Waals surface area contributed by atoms with E-state index in [0.29, 0.717) is 0 Å². The quantitative estimate of drug-likeness (QED) is 0.688. The van der Waals surface area contributed by atoms with Gasteiger partial charge < -0.3 is 10.1 Å². The minimum Gasteiger partial charge on any atom is -0.491 e. The maximum atomic E-state index is 5.65. The summed E-state index contributed by atoms with van der Waals surface area (Å²) >= 11 is 0. The Balaban J connectivity index is 2.52. The average molecular weight is 207 g/mol. The van der Waals surface area contributed by atoms with Crippen molar-refractivity contribution >= 4 is 5.69 Å². The molecule has 1 rings (SSSR count). The number of hydrogen-bond donors (Lipinski definition) is 1. The molecule has 1 N–H and O–H groups in total. The molecule has 1 aromatic rings. The first-order valence-corrected chi connectivity index (χ1v) is 5.84. The summed E-state index contributed by atoms with van der Waals surface area (Å²) in [7, 11) is 0. The molecule has 84 valence electrons. The first kappa shape index (κ1) is 11.9. The number of unbranched alkanes of at least 4 members (excludes halogenated alkanes) is 1. The Morgan fingerprint density at radius 1 is 1.13 bits per heavy atom. The van der Waals surface area contributed by atoms with E-state index < -0.39 is 0 Å². The zero-order valence-electron chi connectivity index (χ0n) is 9.75. The Kier molecular flexibility index (Phi) is 5.67. The summed E-state index contributed by atoms with van der Waals surface area (Å²) in [5.74, 6) is 0.968. The molecular weight excluding hydrogens is 186 g/mol. The topological polar surface area (TPSA) is 21.3 Å². The number of ether oxygens (including phenoxy) is 1. The number of hydrogen-bond acceptors (Lipinski definition) is 2. The first-order chi connectivity index (χ1) is 7.38. The highest BCUT2D eigenvalue weighted by atomic mass is 16.5. The maximum Gasteiger partial charge on any atom is 0.142 e. The van der Waals surface area contributed by atoms with Gasteiger partial charge in [0, 0.05) is 6.54 Å². The highest BCUT2D eigenvalue weighted by molar-refractivity contribution is 5.56.